The Morgan fingerprint density at radius 1 is 1.32 bits per heavy atom. The van der Waals surface area contributed by atoms with Crippen molar-refractivity contribution in [2.75, 3.05) is 11.4 Å². The molecule has 19 heavy (non-hydrogen) atoms. The van der Waals surface area contributed by atoms with E-state index in [1.165, 1.54) is 19.1 Å². The highest BCUT2D eigenvalue weighted by molar-refractivity contribution is 6.07. The first-order chi connectivity index (χ1) is 8.82. The number of para-hydroxylation sites is 1. The average molecular weight is 271 g/mol. The molecule has 0 atom stereocenters. The molecule has 1 amide bonds. The lowest BCUT2D eigenvalue weighted by Gasteiger charge is -2.24. The van der Waals surface area contributed by atoms with E-state index in [1.54, 1.807) is 0 Å². The smallest absolute Gasteiger partial charge is 0.311 e. The molecule has 0 unspecified atom stereocenters. The van der Waals surface area contributed by atoms with Gasteiger partial charge in [-0.1, -0.05) is 6.07 Å². The third-order valence-electron chi connectivity index (χ3n) is 3.08. The second kappa shape index (κ2) is 4.68. The summed E-state index contributed by atoms with van der Waals surface area (Å²) in [7, 11) is 0. The number of rotatable bonds is 0. The molecule has 0 aromatic heterocycles. The summed E-state index contributed by atoms with van der Waals surface area (Å²) < 4.78 is 39.1. The van der Waals surface area contributed by atoms with Crippen molar-refractivity contribution in [3.8, 4) is 0 Å². The fraction of sp³-hybridized carbons (Fsp3) is 0.385. The van der Waals surface area contributed by atoms with E-state index in [0.717, 1.165) is 11.0 Å². The number of carbonyl (C=O) groups is 2. The van der Waals surface area contributed by atoms with E-state index in [-0.39, 0.29) is 30.0 Å². The summed E-state index contributed by atoms with van der Waals surface area (Å²) in [6.07, 6.45) is -4.08. The van der Waals surface area contributed by atoms with Gasteiger partial charge in [-0.3, -0.25) is 9.59 Å². The van der Waals surface area contributed by atoms with Crippen molar-refractivity contribution < 1.29 is 22.8 Å². The maximum Gasteiger partial charge on any atom is 0.418 e. The van der Waals surface area contributed by atoms with Crippen molar-refractivity contribution in [2.45, 2.75) is 25.9 Å². The van der Waals surface area contributed by atoms with E-state index in [4.69, 9.17) is 0 Å². The van der Waals surface area contributed by atoms with Crippen LogP contribution in [0.25, 0.3) is 0 Å². The highest BCUT2D eigenvalue weighted by Crippen LogP contribution is 2.40. The first-order valence-corrected chi connectivity index (χ1v) is 5.84. The van der Waals surface area contributed by atoms with Gasteiger partial charge < -0.3 is 4.90 Å². The van der Waals surface area contributed by atoms with Crippen molar-refractivity contribution in [1.29, 1.82) is 0 Å². The molecule has 0 saturated carbocycles. The Bertz CT molecular complexity index is 537. The van der Waals surface area contributed by atoms with Crippen LogP contribution in [0.15, 0.2) is 18.2 Å². The predicted octanol–water partition coefficient (Wildman–Crippen LogP) is 3.03. The fourth-order valence-electron chi connectivity index (χ4n) is 2.25. The fourth-order valence-corrected chi connectivity index (χ4v) is 2.25. The zero-order valence-corrected chi connectivity index (χ0v) is 10.3. The number of amides is 1. The number of hydrogen-bond donors (Lipinski definition) is 0. The van der Waals surface area contributed by atoms with Gasteiger partial charge in [-0.2, -0.15) is 13.2 Å². The van der Waals surface area contributed by atoms with Crippen LogP contribution in [0.1, 0.15) is 35.7 Å². The highest BCUT2D eigenvalue weighted by atomic mass is 19.4. The minimum absolute atomic E-state index is 0.0254. The molecule has 0 N–H and O–H groups in total. The summed E-state index contributed by atoms with van der Waals surface area (Å²) >= 11 is 0. The molecule has 1 aromatic rings. The third kappa shape index (κ3) is 2.47. The van der Waals surface area contributed by atoms with Crippen molar-refractivity contribution in [3.63, 3.8) is 0 Å². The molecule has 1 heterocycles. The minimum Gasteiger partial charge on any atom is -0.311 e. The number of anilines is 1. The molecule has 0 saturated heterocycles. The summed E-state index contributed by atoms with van der Waals surface area (Å²) in [5, 5.41) is 0. The van der Waals surface area contributed by atoms with Crippen LogP contribution < -0.4 is 4.90 Å². The molecule has 1 aromatic carbocycles. The summed E-state index contributed by atoms with van der Waals surface area (Å²) in [4.78, 5) is 24.4. The zero-order chi connectivity index (χ0) is 14.2. The summed E-state index contributed by atoms with van der Waals surface area (Å²) in [6, 6.07) is 3.44. The summed E-state index contributed by atoms with van der Waals surface area (Å²) in [5.74, 6) is -0.850. The van der Waals surface area contributed by atoms with E-state index < -0.39 is 17.6 Å². The molecule has 6 heteroatoms. The quantitative estimate of drug-likeness (QED) is 0.727. The molecule has 0 bridgehead atoms. The van der Waals surface area contributed by atoms with Crippen LogP contribution in [0.2, 0.25) is 0 Å². The molecule has 1 aliphatic rings. The number of carbonyl (C=O) groups excluding carboxylic acids is 2. The van der Waals surface area contributed by atoms with E-state index in [9.17, 15) is 22.8 Å². The lowest BCUT2D eigenvalue weighted by Crippen LogP contribution is -2.31. The van der Waals surface area contributed by atoms with Gasteiger partial charge in [0.05, 0.1) is 11.3 Å². The molecule has 102 valence electrons. The third-order valence-corrected chi connectivity index (χ3v) is 3.08. The van der Waals surface area contributed by atoms with Crippen molar-refractivity contribution in [3.05, 3.63) is 29.3 Å². The number of hydrogen-bond acceptors (Lipinski definition) is 2. The van der Waals surface area contributed by atoms with Crippen LogP contribution >= 0.6 is 0 Å². The normalized spacial score (nSPS) is 16.0. The molecule has 2 rings (SSSR count). The van der Waals surface area contributed by atoms with Gasteiger partial charge in [-0.05, 0) is 18.6 Å². The molecular weight excluding hydrogens is 259 g/mol. The first kappa shape index (κ1) is 13.6. The number of benzene rings is 1. The number of fused-ring (bicyclic) bond motifs is 1. The van der Waals surface area contributed by atoms with Crippen molar-refractivity contribution in [2.24, 2.45) is 0 Å². The van der Waals surface area contributed by atoms with Crippen LogP contribution in [-0.2, 0) is 11.0 Å². The first-order valence-electron chi connectivity index (χ1n) is 5.84. The SMILES string of the molecule is CC(=O)N1CCCC(=O)c2cccc(C(F)(F)F)c21. The number of ketones is 1. The maximum absolute atomic E-state index is 13.0. The Morgan fingerprint density at radius 2 is 2.00 bits per heavy atom. The Labute approximate surface area is 108 Å². The molecular formula is C13H12F3NO2. The molecule has 0 spiro atoms. The Balaban J connectivity index is 2.71. The minimum atomic E-state index is -4.59. The van der Waals surface area contributed by atoms with E-state index in [2.05, 4.69) is 0 Å². The second-order valence-electron chi connectivity index (χ2n) is 4.40. The monoisotopic (exact) mass is 271 g/mol. The van der Waals surface area contributed by atoms with E-state index in [1.807, 2.05) is 0 Å². The van der Waals surface area contributed by atoms with Gasteiger partial charge in [0, 0.05) is 25.5 Å². The van der Waals surface area contributed by atoms with Gasteiger partial charge in [0.2, 0.25) is 5.91 Å². The standard InChI is InChI=1S/C13H12F3NO2/c1-8(18)17-7-3-6-11(19)9-4-2-5-10(12(9)17)13(14,15)16/h2,4-5H,3,6-7H2,1H3. The van der Waals surface area contributed by atoms with Crippen LogP contribution in [-0.4, -0.2) is 18.2 Å². The van der Waals surface area contributed by atoms with Crippen LogP contribution in [0, 0.1) is 0 Å². The van der Waals surface area contributed by atoms with Gasteiger partial charge in [-0.25, -0.2) is 0 Å². The van der Waals surface area contributed by atoms with Crippen LogP contribution in [0.3, 0.4) is 0 Å². The van der Waals surface area contributed by atoms with E-state index >= 15 is 0 Å². The van der Waals surface area contributed by atoms with Crippen molar-refractivity contribution >= 4 is 17.4 Å². The van der Waals surface area contributed by atoms with Crippen molar-refractivity contribution in [1.82, 2.24) is 0 Å². The van der Waals surface area contributed by atoms with Gasteiger partial charge in [-0.15, -0.1) is 0 Å². The Morgan fingerprint density at radius 3 is 2.58 bits per heavy atom. The highest BCUT2D eigenvalue weighted by Gasteiger charge is 2.38. The van der Waals surface area contributed by atoms with Crippen LogP contribution in [0.4, 0.5) is 18.9 Å². The topological polar surface area (TPSA) is 37.4 Å². The Kier molecular flexibility index (Phi) is 3.34. The molecule has 3 nitrogen and oxygen atoms in total. The number of alkyl halides is 3. The van der Waals surface area contributed by atoms with Gasteiger partial charge in [0.15, 0.2) is 5.78 Å². The number of nitrogens with zero attached hydrogens (tertiary/aromatic N) is 1. The summed E-state index contributed by atoms with van der Waals surface area (Å²) in [5.41, 5.74) is -1.26. The largest absolute Gasteiger partial charge is 0.418 e. The van der Waals surface area contributed by atoms with Crippen LogP contribution in [0.5, 0.6) is 0 Å². The second-order valence-corrected chi connectivity index (χ2v) is 4.40. The van der Waals surface area contributed by atoms with Gasteiger partial charge >= 0.3 is 6.18 Å². The number of Topliss-reactive ketones (excluding diaryl/α,β-unsaturated/α-hetero) is 1. The Hall–Kier alpha value is -1.85. The predicted molar refractivity (Wildman–Crippen MR) is 63.0 cm³/mol. The molecule has 1 aliphatic heterocycles. The van der Waals surface area contributed by atoms with Gasteiger partial charge in [0.25, 0.3) is 0 Å². The summed E-state index contributed by atoms with van der Waals surface area (Å²) in [6.45, 7) is 1.33. The maximum atomic E-state index is 13.0. The zero-order valence-electron chi connectivity index (χ0n) is 10.3. The average Bonchev–Trinajstić information content (AvgIpc) is 2.47. The van der Waals surface area contributed by atoms with E-state index in [0.29, 0.717) is 6.42 Å². The lowest BCUT2D eigenvalue weighted by molar-refractivity contribution is -0.137. The lowest BCUT2D eigenvalue weighted by atomic mass is 10.0. The molecule has 0 fully saturated rings. The molecule has 0 aliphatic carbocycles. The van der Waals surface area contributed by atoms with Gasteiger partial charge in [0.1, 0.15) is 0 Å². The molecule has 0 radical (unpaired) electrons. The number of halogens is 3.